The highest BCUT2D eigenvalue weighted by atomic mass is 32.1. The van der Waals surface area contributed by atoms with E-state index < -0.39 is 0 Å². The van der Waals surface area contributed by atoms with E-state index in [1.165, 1.54) is 15.0 Å². The van der Waals surface area contributed by atoms with Gasteiger partial charge >= 0.3 is 0 Å². The minimum atomic E-state index is 0.590. The van der Waals surface area contributed by atoms with Crippen LogP contribution in [0.1, 0.15) is 0 Å². The van der Waals surface area contributed by atoms with Crippen molar-refractivity contribution in [2.75, 3.05) is 0 Å². The lowest BCUT2D eigenvalue weighted by atomic mass is 10.0. The third-order valence-corrected chi connectivity index (χ3v) is 26.6. The van der Waals surface area contributed by atoms with Gasteiger partial charge in [0.25, 0.3) is 0 Å². The Balaban J connectivity index is 0.000000110. The number of hydrogen-bond acceptors (Lipinski definition) is 18. The van der Waals surface area contributed by atoms with Crippen LogP contribution in [0.25, 0.3) is 253 Å². The van der Waals surface area contributed by atoms with Crippen LogP contribution in [0.2, 0.25) is 0 Å². The molecule has 15 nitrogen and oxygen atoms in total. The van der Waals surface area contributed by atoms with E-state index in [2.05, 4.69) is 188 Å². The third-order valence-electron chi connectivity index (χ3n) is 23.3. The lowest BCUT2D eigenvalue weighted by molar-refractivity contribution is 0.668. The lowest BCUT2D eigenvalue weighted by Crippen LogP contribution is -2.00. The Bertz CT molecular complexity index is 8700. The standard InChI is InChI=1S/2C40H24N4OS.C34H20N4OS/c1-3-11-25(12-4-1)27-15-9-16-28(23-27)38-42-37(26-13-5-2-6-14-26)43-39(44-38)30-17-10-19-34-36(30)31-24-29(21-22-33(31)45-34)40-41-32-18-7-8-20-35(32)46-40;1-3-10-25(11-4-1)26-18-20-28(21-19-26)38-42-37(27-12-5-2-6-13-27)43-39(44-38)30-14-9-16-34-36(30)31-24-29(22-23-33(31)45-34)40-41-32-15-7-8-17-35(32)46-40;1-3-10-21(11-4-1)31-36-32(22-12-5-2-6-13-22)38-33(37-31)24-14-9-16-28-30(24)25-20-23(18-19-27(25)39-28)34-35-26-15-7-8-17-29(26)40-34/h2*1-24H;1-20H. The van der Waals surface area contributed by atoms with Crippen LogP contribution in [0.5, 0.6) is 0 Å². The fourth-order valence-corrected chi connectivity index (χ4v) is 19.8. The number of thiazole rings is 3. The van der Waals surface area contributed by atoms with Gasteiger partial charge in [0.05, 0.1) is 30.6 Å². The second-order valence-electron chi connectivity index (χ2n) is 31.7. The number of aromatic nitrogens is 12. The fourth-order valence-electron chi connectivity index (χ4n) is 16.9. The number of furan rings is 3. The third kappa shape index (κ3) is 15.2. The number of benzene rings is 17. The zero-order valence-corrected chi connectivity index (χ0v) is 72.5. The van der Waals surface area contributed by atoms with Crippen molar-refractivity contribution in [1.29, 1.82) is 0 Å². The average Bonchev–Trinajstić information content (AvgIpc) is 1.59. The summed E-state index contributed by atoms with van der Waals surface area (Å²) in [6.07, 6.45) is 0. The summed E-state index contributed by atoms with van der Waals surface area (Å²) in [6.45, 7) is 0. The zero-order chi connectivity index (χ0) is 87.4. The maximum atomic E-state index is 6.37. The normalized spacial score (nSPS) is 11.5. The first-order chi connectivity index (χ1) is 65.3. The minimum Gasteiger partial charge on any atom is -0.456 e. The molecule has 0 aliphatic heterocycles. The Morgan fingerprint density at radius 3 is 0.712 bits per heavy atom. The minimum absolute atomic E-state index is 0.590. The Labute approximate surface area is 766 Å². The van der Waals surface area contributed by atoms with Gasteiger partial charge in [-0.2, -0.15) is 0 Å². The molecule has 0 radical (unpaired) electrons. The van der Waals surface area contributed by atoms with Crippen LogP contribution in [0.4, 0.5) is 0 Å². The summed E-state index contributed by atoms with van der Waals surface area (Å²) < 4.78 is 22.5. The zero-order valence-electron chi connectivity index (χ0n) is 70.1. The Morgan fingerprint density at radius 1 is 0.152 bits per heavy atom. The molecule has 9 heterocycles. The van der Waals surface area contributed by atoms with Crippen LogP contribution >= 0.6 is 34.0 Å². The number of nitrogens with zero attached hydrogens (tertiary/aromatic N) is 12. The molecule has 0 unspecified atom stereocenters. The van der Waals surface area contributed by atoms with Crippen LogP contribution in [0.3, 0.4) is 0 Å². The van der Waals surface area contributed by atoms with E-state index >= 15 is 0 Å². The first-order valence-electron chi connectivity index (χ1n) is 43.1. The topological polar surface area (TPSA) is 194 Å². The summed E-state index contributed by atoms with van der Waals surface area (Å²) in [6, 6.07) is 139. The molecule has 0 saturated carbocycles. The predicted molar refractivity (Wildman–Crippen MR) is 537 cm³/mol. The van der Waals surface area contributed by atoms with E-state index in [0.717, 1.165) is 186 Å². The van der Waals surface area contributed by atoms with Gasteiger partial charge in [-0.15, -0.1) is 34.0 Å². The molecule has 26 rings (SSSR count). The van der Waals surface area contributed by atoms with Crippen molar-refractivity contribution < 1.29 is 13.3 Å². The molecule has 0 saturated heterocycles. The molecule has 0 N–H and O–H groups in total. The number of rotatable bonds is 14. The summed E-state index contributed by atoms with van der Waals surface area (Å²) in [4.78, 5) is 59.7. The fraction of sp³-hybridized carbons (Fsp3) is 0. The second kappa shape index (κ2) is 33.9. The highest BCUT2D eigenvalue weighted by Gasteiger charge is 2.25. The van der Waals surface area contributed by atoms with E-state index in [4.69, 9.17) is 73.1 Å². The van der Waals surface area contributed by atoms with Gasteiger partial charge in [0.1, 0.15) is 48.5 Å². The molecular weight excluding hydrogens is 1680 g/mol. The van der Waals surface area contributed by atoms with Crippen LogP contribution in [0.15, 0.2) is 426 Å². The quantitative estimate of drug-likeness (QED) is 0.0997. The molecule has 620 valence electrons. The van der Waals surface area contributed by atoms with Gasteiger partial charge in [-0.1, -0.05) is 297 Å². The smallest absolute Gasteiger partial charge is 0.164 e. The highest BCUT2D eigenvalue weighted by Crippen LogP contribution is 2.45. The van der Waals surface area contributed by atoms with Gasteiger partial charge in [0.15, 0.2) is 52.4 Å². The van der Waals surface area contributed by atoms with Gasteiger partial charge in [0.2, 0.25) is 0 Å². The van der Waals surface area contributed by atoms with Gasteiger partial charge in [0, 0.05) is 99.1 Å². The first kappa shape index (κ1) is 78.3. The molecule has 0 aliphatic carbocycles. The van der Waals surface area contributed by atoms with Crippen LogP contribution in [-0.4, -0.2) is 59.8 Å². The molecule has 17 aromatic carbocycles. The monoisotopic (exact) mass is 1750 g/mol. The van der Waals surface area contributed by atoms with Gasteiger partial charge in [-0.3, -0.25) is 0 Å². The molecule has 0 fully saturated rings. The van der Waals surface area contributed by atoms with Gasteiger partial charge < -0.3 is 13.3 Å². The largest absolute Gasteiger partial charge is 0.456 e. The molecule has 0 bridgehead atoms. The van der Waals surface area contributed by atoms with E-state index in [9.17, 15) is 0 Å². The highest BCUT2D eigenvalue weighted by molar-refractivity contribution is 7.22. The molecule has 0 spiro atoms. The summed E-state index contributed by atoms with van der Waals surface area (Å²) in [5.41, 5.74) is 23.7. The molecule has 132 heavy (non-hydrogen) atoms. The van der Waals surface area contributed by atoms with Gasteiger partial charge in [-0.05, 0) is 138 Å². The van der Waals surface area contributed by atoms with Crippen molar-refractivity contribution in [1.82, 2.24) is 59.8 Å². The van der Waals surface area contributed by atoms with E-state index in [1.54, 1.807) is 34.0 Å². The molecule has 0 aliphatic rings. The average molecular weight is 1750 g/mol. The van der Waals surface area contributed by atoms with E-state index in [-0.39, 0.29) is 0 Å². The van der Waals surface area contributed by atoms with Crippen molar-refractivity contribution in [3.8, 4) is 156 Å². The molecule has 9 aromatic heterocycles. The number of hydrogen-bond donors (Lipinski definition) is 0. The molecule has 0 amide bonds. The molecule has 26 aromatic rings. The lowest BCUT2D eigenvalue weighted by Gasteiger charge is -2.10. The summed E-state index contributed by atoms with van der Waals surface area (Å²) in [5, 5.41) is 8.84. The Kier molecular flexibility index (Phi) is 20.1. The first-order valence-corrected chi connectivity index (χ1v) is 45.6. The SMILES string of the molecule is c1ccc(-c2ccc(-c3nc(-c4ccccc4)nc(-c4cccc5oc6ccc(-c7nc8ccccc8s7)cc6c45)n3)cc2)cc1.c1ccc(-c2cccc(-c3nc(-c4ccccc4)nc(-c4cccc5oc6ccc(-c7nc8ccccc8s7)cc6c45)n3)c2)cc1.c1ccc(-c2nc(-c3ccccc3)nc(-c3cccc4oc5ccc(-c6nc7ccccc7s6)cc5c34)n2)cc1. The maximum Gasteiger partial charge on any atom is 0.164 e. The Hall–Kier alpha value is -17.2. The van der Waals surface area contributed by atoms with Crippen molar-refractivity contribution in [2.24, 2.45) is 0 Å². The Morgan fingerprint density at radius 2 is 0.386 bits per heavy atom. The number of fused-ring (bicyclic) bond motifs is 12. The predicted octanol–water partition coefficient (Wildman–Crippen LogP) is 30.5. The van der Waals surface area contributed by atoms with Crippen LogP contribution < -0.4 is 0 Å². The van der Waals surface area contributed by atoms with Crippen LogP contribution in [-0.2, 0) is 0 Å². The van der Waals surface area contributed by atoms with Gasteiger partial charge in [-0.25, -0.2) is 59.8 Å². The molecular formula is C114H68N12O3S3. The van der Waals surface area contributed by atoms with Crippen LogP contribution in [0, 0.1) is 0 Å². The molecule has 0 atom stereocenters. The second-order valence-corrected chi connectivity index (χ2v) is 34.8. The van der Waals surface area contributed by atoms with Crippen molar-refractivity contribution in [2.45, 2.75) is 0 Å². The maximum absolute atomic E-state index is 6.37. The summed E-state index contributed by atoms with van der Waals surface area (Å²) in [7, 11) is 0. The van der Waals surface area contributed by atoms with Crippen molar-refractivity contribution >= 4 is 130 Å². The van der Waals surface area contributed by atoms with E-state index in [1.807, 2.05) is 224 Å². The number of para-hydroxylation sites is 3. The summed E-state index contributed by atoms with van der Waals surface area (Å²) >= 11 is 5.07. The van der Waals surface area contributed by atoms with Crippen molar-refractivity contribution in [3.05, 3.63) is 413 Å². The van der Waals surface area contributed by atoms with E-state index in [0.29, 0.717) is 52.4 Å². The molecule has 18 heteroatoms. The van der Waals surface area contributed by atoms with Crippen molar-refractivity contribution in [3.63, 3.8) is 0 Å². The summed E-state index contributed by atoms with van der Waals surface area (Å²) in [5.74, 6) is 5.51.